The molecule has 0 bridgehead atoms. The SMILES string of the molecule is CS[C@H]1C[C@@H](c2cc(C)c(Cl)c(Cc3ccc(OC4CCN(C(=O)C[C@H](N)Cc5cc(F)c(F)cc5F)CC4)cc3)c2)[C@H](O)[C@@H](O)[C@@H]1O. The molecule has 2 fully saturated rings. The number of aliphatic hydroxyl groups is 3. The van der Waals surface area contributed by atoms with Crippen molar-refractivity contribution < 1.29 is 38.0 Å². The summed E-state index contributed by atoms with van der Waals surface area (Å²) in [6.07, 6.45) is 0.729. The van der Waals surface area contributed by atoms with Crippen LogP contribution in [0.4, 0.5) is 13.2 Å². The fraction of sp³-hybridized carbons (Fsp3) is 0.472. The molecular formula is C36H42ClF3N2O5S. The molecule has 5 rings (SSSR count). The molecule has 1 aliphatic heterocycles. The van der Waals surface area contributed by atoms with Gasteiger partial charge in [-0.25, -0.2) is 13.2 Å². The number of piperidine rings is 1. The summed E-state index contributed by atoms with van der Waals surface area (Å²) >= 11 is 8.20. The van der Waals surface area contributed by atoms with E-state index in [1.165, 1.54) is 11.8 Å². The molecule has 1 saturated carbocycles. The third kappa shape index (κ3) is 8.49. The lowest BCUT2D eigenvalue weighted by molar-refractivity contribution is -0.133. The fourth-order valence-corrected chi connectivity index (χ4v) is 7.74. The molecule has 1 amide bonds. The summed E-state index contributed by atoms with van der Waals surface area (Å²) in [4.78, 5) is 14.5. The van der Waals surface area contributed by atoms with Crippen LogP contribution in [0.5, 0.6) is 5.75 Å². The van der Waals surface area contributed by atoms with Crippen molar-refractivity contribution in [3.05, 3.63) is 98.8 Å². The molecule has 2 aliphatic rings. The lowest BCUT2D eigenvalue weighted by Crippen LogP contribution is -2.51. The minimum atomic E-state index is -1.27. The van der Waals surface area contributed by atoms with Crippen molar-refractivity contribution in [3.8, 4) is 5.75 Å². The second-order valence-corrected chi connectivity index (χ2v) is 14.4. The summed E-state index contributed by atoms with van der Waals surface area (Å²) in [5.41, 5.74) is 9.67. The summed E-state index contributed by atoms with van der Waals surface area (Å²) in [5, 5.41) is 32.1. The number of thioether (sulfide) groups is 1. The van der Waals surface area contributed by atoms with Crippen molar-refractivity contribution in [2.75, 3.05) is 19.3 Å². The van der Waals surface area contributed by atoms with E-state index >= 15 is 0 Å². The number of likely N-dealkylation sites (tertiary alicyclic amines) is 1. The van der Waals surface area contributed by atoms with Gasteiger partial charge in [0.15, 0.2) is 11.6 Å². The Morgan fingerprint density at radius 1 is 0.979 bits per heavy atom. The molecule has 7 nitrogen and oxygen atoms in total. The number of halogens is 4. The molecule has 1 aliphatic carbocycles. The van der Waals surface area contributed by atoms with Gasteiger partial charge in [-0.15, -0.1) is 0 Å². The summed E-state index contributed by atoms with van der Waals surface area (Å²) in [6.45, 7) is 2.88. The number of nitrogens with zero attached hydrogens (tertiary/aromatic N) is 1. The van der Waals surface area contributed by atoms with Gasteiger partial charge in [0.25, 0.3) is 0 Å². The Hall–Kier alpha value is -2.80. The zero-order chi connectivity index (χ0) is 34.7. The van der Waals surface area contributed by atoms with Gasteiger partial charge in [-0.3, -0.25) is 4.79 Å². The van der Waals surface area contributed by atoms with Crippen LogP contribution in [0, 0.1) is 24.4 Å². The number of carbonyl (C=O) groups is 1. The molecule has 0 unspecified atom stereocenters. The Balaban J connectivity index is 1.13. The Morgan fingerprint density at radius 3 is 2.31 bits per heavy atom. The summed E-state index contributed by atoms with van der Waals surface area (Å²) in [6, 6.07) is 12.2. The molecule has 5 N–H and O–H groups in total. The van der Waals surface area contributed by atoms with Gasteiger partial charge in [0.2, 0.25) is 5.91 Å². The molecule has 12 heteroatoms. The standard InChI is InChI=1S/C36H42ClF3N2O5S/c1-19-11-21(27-17-31(48-2)35(45)36(46)34(27)44)13-23(33(19)37)12-20-3-5-25(6-4-20)47-26-7-9-42(10-8-26)32(43)16-24(41)14-22-15-29(39)30(40)18-28(22)38/h3-6,11,13,15,18,24,26-27,31,34-36,44-46H,7-10,12,14,16-17,41H2,1-2H3/t24-,27+,31+,34+,35-,36-/m1/s1. The van der Waals surface area contributed by atoms with E-state index in [1.54, 1.807) is 4.90 Å². The van der Waals surface area contributed by atoms with Crippen molar-refractivity contribution in [1.82, 2.24) is 4.90 Å². The van der Waals surface area contributed by atoms with Crippen LogP contribution in [0.1, 0.15) is 59.4 Å². The van der Waals surface area contributed by atoms with Crippen molar-refractivity contribution in [2.45, 2.75) is 87.1 Å². The molecule has 260 valence electrons. The first-order chi connectivity index (χ1) is 22.8. The third-order valence-electron chi connectivity index (χ3n) is 9.49. The van der Waals surface area contributed by atoms with E-state index < -0.39 is 41.8 Å². The van der Waals surface area contributed by atoms with Crippen LogP contribution in [0.25, 0.3) is 0 Å². The molecule has 3 aromatic rings. The number of hydrogen-bond acceptors (Lipinski definition) is 7. The molecule has 0 spiro atoms. The van der Waals surface area contributed by atoms with Crippen LogP contribution in [-0.2, 0) is 17.6 Å². The zero-order valence-electron chi connectivity index (χ0n) is 26.9. The first-order valence-electron chi connectivity index (χ1n) is 16.1. The van der Waals surface area contributed by atoms with Gasteiger partial charge in [-0.1, -0.05) is 35.9 Å². The normalized spacial score (nSPS) is 24.0. The van der Waals surface area contributed by atoms with Gasteiger partial charge in [0, 0.05) is 60.7 Å². The Kier molecular flexibility index (Phi) is 12.0. The first kappa shape index (κ1) is 36.5. The summed E-state index contributed by atoms with van der Waals surface area (Å²) < 4.78 is 46.9. The number of aryl methyl sites for hydroxylation is 1. The number of carbonyl (C=O) groups excluding carboxylic acids is 1. The fourth-order valence-electron chi connectivity index (χ4n) is 6.72. The van der Waals surface area contributed by atoms with Crippen molar-refractivity contribution in [2.24, 2.45) is 5.73 Å². The Bertz CT molecular complexity index is 1590. The molecular weight excluding hydrogens is 665 g/mol. The van der Waals surface area contributed by atoms with Gasteiger partial charge in [-0.2, -0.15) is 11.8 Å². The van der Waals surface area contributed by atoms with Crippen molar-refractivity contribution in [3.63, 3.8) is 0 Å². The van der Waals surface area contributed by atoms with E-state index in [4.69, 9.17) is 22.1 Å². The van der Waals surface area contributed by atoms with Crippen LogP contribution in [0.2, 0.25) is 5.02 Å². The van der Waals surface area contributed by atoms with Crippen LogP contribution in [0.15, 0.2) is 48.5 Å². The molecule has 6 atom stereocenters. The van der Waals surface area contributed by atoms with Crippen molar-refractivity contribution >= 4 is 29.3 Å². The van der Waals surface area contributed by atoms with Gasteiger partial charge in [0.05, 0.1) is 12.2 Å². The molecule has 48 heavy (non-hydrogen) atoms. The van der Waals surface area contributed by atoms with Gasteiger partial charge >= 0.3 is 0 Å². The monoisotopic (exact) mass is 706 g/mol. The highest BCUT2D eigenvalue weighted by atomic mass is 35.5. The number of benzene rings is 3. The molecule has 3 aromatic carbocycles. The quantitative estimate of drug-likeness (QED) is 0.212. The minimum absolute atomic E-state index is 0.0392. The van der Waals surface area contributed by atoms with E-state index in [0.29, 0.717) is 55.6 Å². The van der Waals surface area contributed by atoms with E-state index in [1.807, 2.05) is 49.6 Å². The average molecular weight is 707 g/mol. The predicted octanol–water partition coefficient (Wildman–Crippen LogP) is 5.29. The van der Waals surface area contributed by atoms with Gasteiger partial charge in [0.1, 0.15) is 23.8 Å². The number of hydrogen-bond donors (Lipinski definition) is 4. The van der Waals surface area contributed by atoms with Crippen LogP contribution in [0.3, 0.4) is 0 Å². The number of rotatable bonds is 10. The Morgan fingerprint density at radius 2 is 1.65 bits per heavy atom. The molecule has 1 heterocycles. The van der Waals surface area contributed by atoms with E-state index in [-0.39, 0.29) is 41.6 Å². The second-order valence-electron chi connectivity index (χ2n) is 12.9. The van der Waals surface area contributed by atoms with Crippen molar-refractivity contribution in [1.29, 1.82) is 0 Å². The largest absolute Gasteiger partial charge is 0.490 e. The van der Waals surface area contributed by atoms with Crippen LogP contribution < -0.4 is 10.5 Å². The second kappa shape index (κ2) is 15.8. The maximum Gasteiger partial charge on any atom is 0.224 e. The Labute approximate surface area is 288 Å². The van der Waals surface area contributed by atoms with Crippen LogP contribution in [-0.4, -0.2) is 81.2 Å². The van der Waals surface area contributed by atoms with Gasteiger partial charge < -0.3 is 30.7 Å². The highest BCUT2D eigenvalue weighted by molar-refractivity contribution is 7.99. The minimum Gasteiger partial charge on any atom is -0.490 e. The first-order valence-corrected chi connectivity index (χ1v) is 17.8. The zero-order valence-corrected chi connectivity index (χ0v) is 28.5. The molecule has 1 saturated heterocycles. The summed E-state index contributed by atoms with van der Waals surface area (Å²) in [5.74, 6) is -3.12. The third-order valence-corrected chi connectivity index (χ3v) is 11.1. The van der Waals surface area contributed by atoms with E-state index in [2.05, 4.69) is 0 Å². The van der Waals surface area contributed by atoms with Gasteiger partial charge in [-0.05, 0) is 78.5 Å². The lowest BCUT2D eigenvalue weighted by Gasteiger charge is -2.40. The van der Waals surface area contributed by atoms with E-state index in [0.717, 1.165) is 28.3 Å². The average Bonchev–Trinajstić information content (AvgIpc) is 3.06. The highest BCUT2D eigenvalue weighted by Gasteiger charge is 2.43. The lowest BCUT2D eigenvalue weighted by atomic mass is 9.77. The smallest absolute Gasteiger partial charge is 0.224 e. The molecule has 0 radical (unpaired) electrons. The van der Waals surface area contributed by atoms with Crippen LogP contribution >= 0.6 is 23.4 Å². The molecule has 0 aromatic heterocycles. The maximum atomic E-state index is 14.0. The number of aliphatic hydroxyl groups excluding tert-OH is 3. The summed E-state index contributed by atoms with van der Waals surface area (Å²) in [7, 11) is 0. The highest BCUT2D eigenvalue weighted by Crippen LogP contribution is 2.40. The number of nitrogens with two attached hydrogens (primary N) is 1. The topological polar surface area (TPSA) is 116 Å². The predicted molar refractivity (Wildman–Crippen MR) is 181 cm³/mol. The maximum absolute atomic E-state index is 14.0. The van der Waals surface area contributed by atoms with E-state index in [9.17, 15) is 33.3 Å². The number of amides is 1. The number of ether oxygens (including phenoxy) is 1.